The first-order valence-electron chi connectivity index (χ1n) is 12.7. The number of furan rings is 1. The van der Waals surface area contributed by atoms with E-state index in [2.05, 4.69) is 15.6 Å². The van der Waals surface area contributed by atoms with Crippen LogP contribution in [0.3, 0.4) is 0 Å². The molecule has 39 heavy (non-hydrogen) atoms. The van der Waals surface area contributed by atoms with Gasteiger partial charge < -0.3 is 19.5 Å². The Bertz CT molecular complexity index is 1750. The van der Waals surface area contributed by atoms with Crippen LogP contribution in [0, 0.1) is 19.7 Å². The Morgan fingerprint density at radius 2 is 1.69 bits per heavy atom. The number of aryl methyl sites for hydroxylation is 2. The molecular weight excluding hydrogens is 497 g/mol. The number of carbonyl (C=O) groups is 2. The van der Waals surface area contributed by atoms with Crippen LogP contribution in [-0.2, 0) is 5.54 Å². The summed E-state index contributed by atoms with van der Waals surface area (Å²) in [7, 11) is 1.55. The van der Waals surface area contributed by atoms with Crippen molar-refractivity contribution in [2.24, 2.45) is 0 Å². The molecule has 7 nitrogen and oxygen atoms in total. The summed E-state index contributed by atoms with van der Waals surface area (Å²) in [5, 5.41) is 6.45. The Hall–Kier alpha value is -4.72. The molecule has 2 amide bonds. The smallest absolute Gasteiger partial charge is 0.255 e. The molecule has 0 aliphatic heterocycles. The summed E-state index contributed by atoms with van der Waals surface area (Å²) in [4.78, 5) is 30.4. The van der Waals surface area contributed by atoms with E-state index in [0.717, 1.165) is 35.2 Å². The molecule has 2 heterocycles. The molecule has 0 unspecified atom stereocenters. The fourth-order valence-electron chi connectivity index (χ4n) is 5.08. The predicted octanol–water partition coefficient (Wildman–Crippen LogP) is 6.29. The minimum absolute atomic E-state index is 0.196. The Kier molecular flexibility index (Phi) is 5.83. The van der Waals surface area contributed by atoms with Gasteiger partial charge in [-0.2, -0.15) is 0 Å². The molecule has 2 N–H and O–H groups in total. The van der Waals surface area contributed by atoms with Crippen LogP contribution in [0.1, 0.15) is 50.6 Å². The zero-order valence-corrected chi connectivity index (χ0v) is 21.7. The fraction of sp³-hybridized carbons (Fsp3) is 0.194. The second-order valence-electron chi connectivity index (χ2n) is 9.94. The highest BCUT2D eigenvalue weighted by atomic mass is 19.1. The Balaban J connectivity index is 1.39. The van der Waals surface area contributed by atoms with Crippen LogP contribution in [0.25, 0.3) is 33.4 Å². The molecule has 5 aromatic rings. The third-order valence-electron chi connectivity index (χ3n) is 7.34. The number of oxazole rings is 1. The molecule has 0 radical (unpaired) electrons. The lowest BCUT2D eigenvalue weighted by molar-refractivity contribution is 0.0923. The summed E-state index contributed by atoms with van der Waals surface area (Å²) in [6.45, 7) is 3.84. The van der Waals surface area contributed by atoms with Crippen molar-refractivity contribution in [1.29, 1.82) is 0 Å². The van der Waals surface area contributed by atoms with Crippen LogP contribution in [0.4, 0.5) is 4.39 Å². The first kappa shape index (κ1) is 24.6. The van der Waals surface area contributed by atoms with Crippen molar-refractivity contribution in [1.82, 2.24) is 15.6 Å². The van der Waals surface area contributed by atoms with E-state index in [-0.39, 0.29) is 17.6 Å². The van der Waals surface area contributed by atoms with Gasteiger partial charge in [0.15, 0.2) is 12.2 Å². The second kappa shape index (κ2) is 9.23. The molecule has 0 bridgehead atoms. The highest BCUT2D eigenvalue weighted by Crippen LogP contribution is 2.47. The first-order valence-corrected chi connectivity index (χ1v) is 12.7. The van der Waals surface area contributed by atoms with Crippen molar-refractivity contribution < 1.29 is 22.8 Å². The van der Waals surface area contributed by atoms with Crippen molar-refractivity contribution in [3.8, 4) is 22.5 Å². The SMILES string of the molecule is CNC(=O)c1c(-c2ccc(F)cc2)oc2ccc(-c3cc(C(=O)NC4(c5ocnc5C)CC4)ccc3C)cc12. The van der Waals surface area contributed by atoms with Gasteiger partial charge in [0.25, 0.3) is 11.8 Å². The third kappa shape index (κ3) is 4.27. The number of nitrogens with zero attached hydrogens (tertiary/aromatic N) is 1. The van der Waals surface area contributed by atoms with Gasteiger partial charge in [-0.15, -0.1) is 0 Å². The maximum atomic E-state index is 13.5. The molecule has 1 aliphatic rings. The van der Waals surface area contributed by atoms with Crippen LogP contribution in [0.2, 0.25) is 0 Å². The van der Waals surface area contributed by atoms with Gasteiger partial charge in [-0.25, -0.2) is 9.37 Å². The molecule has 6 rings (SSSR count). The Labute approximate surface area is 224 Å². The zero-order chi connectivity index (χ0) is 27.3. The van der Waals surface area contributed by atoms with E-state index in [0.29, 0.717) is 39.2 Å². The molecule has 1 aliphatic carbocycles. The number of benzene rings is 3. The van der Waals surface area contributed by atoms with Gasteiger partial charge in [0.2, 0.25) is 0 Å². The quantitative estimate of drug-likeness (QED) is 0.273. The zero-order valence-electron chi connectivity index (χ0n) is 21.7. The Morgan fingerprint density at radius 3 is 2.36 bits per heavy atom. The minimum Gasteiger partial charge on any atom is -0.455 e. The van der Waals surface area contributed by atoms with Crippen molar-refractivity contribution in [2.75, 3.05) is 7.05 Å². The summed E-state index contributed by atoms with van der Waals surface area (Å²) in [5.74, 6) is 0.184. The predicted molar refractivity (Wildman–Crippen MR) is 145 cm³/mol. The summed E-state index contributed by atoms with van der Waals surface area (Å²) in [5.41, 5.74) is 4.93. The van der Waals surface area contributed by atoms with Gasteiger partial charge in [-0.05, 0) is 91.9 Å². The average molecular weight is 524 g/mol. The highest BCUT2D eigenvalue weighted by Gasteiger charge is 2.50. The lowest BCUT2D eigenvalue weighted by atomic mass is 9.95. The second-order valence-corrected chi connectivity index (χ2v) is 9.94. The van der Waals surface area contributed by atoms with Crippen LogP contribution >= 0.6 is 0 Å². The van der Waals surface area contributed by atoms with Crippen molar-refractivity contribution >= 4 is 22.8 Å². The normalized spacial score (nSPS) is 13.8. The van der Waals surface area contributed by atoms with Crippen LogP contribution in [0.5, 0.6) is 0 Å². The molecule has 0 saturated heterocycles. The molecular formula is C31H26FN3O4. The summed E-state index contributed by atoms with van der Waals surface area (Å²) >= 11 is 0. The molecule has 2 aromatic heterocycles. The van der Waals surface area contributed by atoms with E-state index in [1.54, 1.807) is 25.2 Å². The van der Waals surface area contributed by atoms with E-state index in [4.69, 9.17) is 8.83 Å². The Morgan fingerprint density at radius 1 is 0.949 bits per heavy atom. The standard InChI is InChI=1S/C31H26FN3O4/c1-17-4-5-21(29(36)35-31(12-13-31)28-18(2)34-16-38-28)15-23(17)20-8-11-25-24(14-20)26(30(37)33-3)27(39-25)19-6-9-22(32)10-7-19/h4-11,14-16H,12-13H2,1-3H3,(H,33,37)(H,35,36). The summed E-state index contributed by atoms with van der Waals surface area (Å²) < 4.78 is 25.2. The van der Waals surface area contributed by atoms with E-state index in [1.165, 1.54) is 18.5 Å². The average Bonchev–Trinajstić information content (AvgIpc) is 3.40. The lowest BCUT2D eigenvalue weighted by Crippen LogP contribution is -2.35. The van der Waals surface area contributed by atoms with E-state index >= 15 is 0 Å². The summed E-state index contributed by atoms with van der Waals surface area (Å²) in [6, 6.07) is 17.0. The highest BCUT2D eigenvalue weighted by molar-refractivity contribution is 6.12. The molecule has 3 aromatic carbocycles. The third-order valence-corrected chi connectivity index (χ3v) is 7.34. The molecule has 0 spiro atoms. The molecule has 1 saturated carbocycles. The number of hydrogen-bond acceptors (Lipinski definition) is 5. The maximum Gasteiger partial charge on any atom is 0.255 e. The lowest BCUT2D eigenvalue weighted by Gasteiger charge is -2.16. The summed E-state index contributed by atoms with van der Waals surface area (Å²) in [6.07, 6.45) is 2.99. The van der Waals surface area contributed by atoms with Crippen molar-refractivity contribution in [3.05, 3.63) is 101 Å². The van der Waals surface area contributed by atoms with E-state index in [9.17, 15) is 14.0 Å². The van der Waals surface area contributed by atoms with Gasteiger partial charge in [0, 0.05) is 23.6 Å². The number of aromatic nitrogens is 1. The fourth-order valence-corrected chi connectivity index (χ4v) is 5.08. The van der Waals surface area contributed by atoms with Crippen molar-refractivity contribution in [3.63, 3.8) is 0 Å². The molecule has 0 atom stereocenters. The van der Waals surface area contributed by atoms with Crippen LogP contribution in [0.15, 0.2) is 75.9 Å². The van der Waals surface area contributed by atoms with Crippen LogP contribution < -0.4 is 10.6 Å². The van der Waals surface area contributed by atoms with Gasteiger partial charge in [0.05, 0.1) is 11.3 Å². The number of nitrogens with one attached hydrogen (secondary N) is 2. The maximum absolute atomic E-state index is 13.5. The number of carbonyl (C=O) groups excluding carboxylic acids is 2. The van der Waals surface area contributed by atoms with Crippen LogP contribution in [-0.4, -0.2) is 23.8 Å². The monoisotopic (exact) mass is 523 g/mol. The topological polar surface area (TPSA) is 97.4 Å². The number of rotatable bonds is 6. The van der Waals surface area contributed by atoms with Gasteiger partial charge in [-0.1, -0.05) is 12.1 Å². The molecule has 196 valence electrons. The largest absolute Gasteiger partial charge is 0.455 e. The number of amides is 2. The van der Waals surface area contributed by atoms with Crippen molar-refractivity contribution in [2.45, 2.75) is 32.2 Å². The molecule has 1 fully saturated rings. The van der Waals surface area contributed by atoms with Gasteiger partial charge >= 0.3 is 0 Å². The number of fused-ring (bicyclic) bond motifs is 1. The van der Waals surface area contributed by atoms with Gasteiger partial charge in [-0.3, -0.25) is 9.59 Å². The number of hydrogen-bond donors (Lipinski definition) is 2. The van der Waals surface area contributed by atoms with E-state index < -0.39 is 5.54 Å². The number of halogens is 1. The first-order chi connectivity index (χ1) is 18.8. The van der Waals surface area contributed by atoms with E-state index in [1.807, 2.05) is 44.2 Å². The molecule has 8 heteroatoms. The minimum atomic E-state index is -0.516. The van der Waals surface area contributed by atoms with Gasteiger partial charge in [0.1, 0.15) is 22.7 Å².